The third kappa shape index (κ3) is 3.82. The molecule has 8 heteroatoms. The van der Waals surface area contributed by atoms with Gasteiger partial charge in [-0.25, -0.2) is 15.0 Å². The van der Waals surface area contributed by atoms with Crippen LogP contribution in [0.15, 0.2) is 42.7 Å². The maximum absolute atomic E-state index is 13.0. The number of anilines is 1. The van der Waals surface area contributed by atoms with Crippen LogP contribution in [-0.2, 0) is 4.79 Å². The normalized spacial score (nSPS) is 20.5. The molecule has 5 rings (SSSR count). The molecular weight excluding hydrogens is 384 g/mol. The lowest BCUT2D eigenvalue weighted by atomic mass is 10.2. The van der Waals surface area contributed by atoms with Gasteiger partial charge in [0.05, 0.1) is 22.8 Å². The highest BCUT2D eigenvalue weighted by Gasteiger charge is 2.32. The van der Waals surface area contributed by atoms with Gasteiger partial charge in [-0.2, -0.15) is 0 Å². The molecule has 3 aromatic rings. The first-order chi connectivity index (χ1) is 14.3. The first kappa shape index (κ1) is 18.4. The van der Waals surface area contributed by atoms with Gasteiger partial charge in [-0.1, -0.05) is 12.1 Å². The zero-order valence-electron chi connectivity index (χ0n) is 16.3. The van der Waals surface area contributed by atoms with E-state index in [0.717, 1.165) is 62.0 Å². The number of fused-ring (bicyclic) bond motifs is 1. The zero-order chi connectivity index (χ0) is 19.6. The molecule has 0 saturated carbocycles. The van der Waals surface area contributed by atoms with Gasteiger partial charge < -0.3 is 9.80 Å². The summed E-state index contributed by atoms with van der Waals surface area (Å²) >= 11 is 1.76. The van der Waals surface area contributed by atoms with Gasteiger partial charge in [-0.15, -0.1) is 11.3 Å². The smallest absolute Gasteiger partial charge is 0.236 e. The van der Waals surface area contributed by atoms with Crippen molar-refractivity contribution >= 4 is 33.4 Å². The van der Waals surface area contributed by atoms with Crippen LogP contribution in [0.1, 0.15) is 23.9 Å². The van der Waals surface area contributed by atoms with E-state index in [4.69, 9.17) is 4.98 Å². The number of thiazole rings is 1. The Labute approximate surface area is 174 Å². The molecule has 1 atom stereocenters. The molecule has 0 spiro atoms. The topological polar surface area (TPSA) is 65.5 Å². The van der Waals surface area contributed by atoms with Crippen molar-refractivity contribution in [2.24, 2.45) is 0 Å². The van der Waals surface area contributed by atoms with Crippen molar-refractivity contribution in [3.05, 3.63) is 47.7 Å². The predicted molar refractivity (Wildman–Crippen MR) is 114 cm³/mol. The van der Waals surface area contributed by atoms with Crippen LogP contribution in [0.2, 0.25) is 0 Å². The van der Waals surface area contributed by atoms with Gasteiger partial charge in [0.25, 0.3) is 0 Å². The quantitative estimate of drug-likeness (QED) is 0.661. The highest BCUT2D eigenvalue weighted by molar-refractivity contribution is 7.18. The summed E-state index contributed by atoms with van der Waals surface area (Å²) in [7, 11) is 0. The summed E-state index contributed by atoms with van der Waals surface area (Å²) < 4.78 is 1.22. The minimum Gasteiger partial charge on any atom is -0.338 e. The number of para-hydroxylation sites is 1. The molecule has 7 nitrogen and oxygen atoms in total. The van der Waals surface area contributed by atoms with Crippen molar-refractivity contribution in [2.45, 2.75) is 18.9 Å². The number of rotatable bonds is 4. The number of carbonyl (C=O) groups excluding carboxylic acids is 1. The van der Waals surface area contributed by atoms with E-state index in [1.165, 1.54) is 4.70 Å². The highest BCUT2D eigenvalue weighted by Crippen LogP contribution is 2.36. The SMILES string of the molecule is O=C(CN1CCC[C@@H]1c1nc2ccccc2s1)N1CCN(c2ncccn2)CC1. The van der Waals surface area contributed by atoms with Crippen LogP contribution in [0.3, 0.4) is 0 Å². The van der Waals surface area contributed by atoms with E-state index in [0.29, 0.717) is 6.54 Å². The van der Waals surface area contributed by atoms with E-state index in [9.17, 15) is 4.79 Å². The number of hydrogen-bond donors (Lipinski definition) is 0. The van der Waals surface area contributed by atoms with Gasteiger partial charge in [-0.3, -0.25) is 9.69 Å². The molecule has 0 aliphatic carbocycles. The van der Waals surface area contributed by atoms with Crippen LogP contribution >= 0.6 is 11.3 Å². The summed E-state index contributed by atoms with van der Waals surface area (Å²) in [4.78, 5) is 32.9. The van der Waals surface area contributed by atoms with Crippen LogP contribution in [0.25, 0.3) is 10.2 Å². The van der Waals surface area contributed by atoms with E-state index in [2.05, 4.69) is 38.0 Å². The Balaban J connectivity index is 1.21. The fourth-order valence-corrected chi connectivity index (χ4v) is 5.35. The average Bonchev–Trinajstić information content (AvgIpc) is 3.41. The molecule has 2 aliphatic heterocycles. The van der Waals surface area contributed by atoms with Gasteiger partial charge in [0.1, 0.15) is 5.01 Å². The number of benzene rings is 1. The number of hydrogen-bond acceptors (Lipinski definition) is 7. The summed E-state index contributed by atoms with van der Waals surface area (Å²) in [5.41, 5.74) is 1.06. The monoisotopic (exact) mass is 408 g/mol. The first-order valence-corrected chi connectivity index (χ1v) is 11.0. The van der Waals surface area contributed by atoms with Crippen molar-refractivity contribution in [3.63, 3.8) is 0 Å². The van der Waals surface area contributed by atoms with Crippen molar-refractivity contribution < 1.29 is 4.79 Å². The van der Waals surface area contributed by atoms with Gasteiger partial charge in [0.2, 0.25) is 11.9 Å². The Morgan fingerprint density at radius 2 is 1.83 bits per heavy atom. The number of piperazine rings is 1. The van der Waals surface area contributed by atoms with Crippen molar-refractivity contribution in [1.82, 2.24) is 24.8 Å². The molecule has 0 N–H and O–H groups in total. The second-order valence-corrected chi connectivity index (χ2v) is 8.63. The summed E-state index contributed by atoms with van der Waals surface area (Å²) in [6.45, 7) is 4.42. The third-order valence-electron chi connectivity index (χ3n) is 5.76. The minimum absolute atomic E-state index is 0.214. The fraction of sp³-hybridized carbons (Fsp3) is 0.429. The van der Waals surface area contributed by atoms with Gasteiger partial charge >= 0.3 is 0 Å². The minimum atomic E-state index is 0.214. The van der Waals surface area contributed by atoms with Gasteiger partial charge in [0.15, 0.2) is 0 Å². The molecule has 1 amide bonds. The van der Waals surface area contributed by atoms with Gasteiger partial charge in [0, 0.05) is 38.6 Å². The molecule has 2 aromatic heterocycles. The number of likely N-dealkylation sites (tertiary alicyclic amines) is 1. The standard InChI is InChI=1S/C21H24N6OS/c28-19(25-11-13-26(14-12-25)21-22-8-4-9-23-21)15-27-10-3-6-17(27)20-24-16-5-1-2-7-18(16)29-20/h1-2,4-5,7-9,17H,3,6,10-15H2/t17-/m1/s1. The summed E-state index contributed by atoms with van der Waals surface area (Å²) in [5.74, 6) is 0.960. The number of nitrogens with zero attached hydrogens (tertiary/aromatic N) is 6. The number of aromatic nitrogens is 3. The Kier molecular flexibility index (Phi) is 5.12. The van der Waals surface area contributed by atoms with E-state index in [-0.39, 0.29) is 11.9 Å². The van der Waals surface area contributed by atoms with Crippen LogP contribution in [0, 0.1) is 0 Å². The van der Waals surface area contributed by atoms with E-state index in [1.54, 1.807) is 23.7 Å². The maximum Gasteiger partial charge on any atom is 0.236 e. The van der Waals surface area contributed by atoms with Crippen LogP contribution in [-0.4, -0.2) is 69.9 Å². The molecule has 0 unspecified atom stereocenters. The Morgan fingerprint density at radius 1 is 1.03 bits per heavy atom. The van der Waals surface area contributed by atoms with Crippen molar-refractivity contribution in [1.29, 1.82) is 0 Å². The molecule has 1 aromatic carbocycles. The fourth-order valence-electron chi connectivity index (χ4n) is 4.21. The van der Waals surface area contributed by atoms with E-state index >= 15 is 0 Å². The molecule has 0 bridgehead atoms. The highest BCUT2D eigenvalue weighted by atomic mass is 32.1. The molecule has 4 heterocycles. The molecule has 2 saturated heterocycles. The molecular formula is C21H24N6OS. The largest absolute Gasteiger partial charge is 0.338 e. The van der Waals surface area contributed by atoms with E-state index < -0.39 is 0 Å². The summed E-state index contributed by atoms with van der Waals surface area (Å²) in [5, 5.41) is 1.14. The average molecular weight is 409 g/mol. The molecule has 29 heavy (non-hydrogen) atoms. The second-order valence-electron chi connectivity index (χ2n) is 7.56. The van der Waals surface area contributed by atoms with Crippen LogP contribution < -0.4 is 4.90 Å². The summed E-state index contributed by atoms with van der Waals surface area (Å²) in [6.07, 6.45) is 5.71. The van der Waals surface area contributed by atoms with Crippen LogP contribution in [0.4, 0.5) is 5.95 Å². The third-order valence-corrected chi connectivity index (χ3v) is 6.90. The second kappa shape index (κ2) is 8.04. The van der Waals surface area contributed by atoms with Crippen molar-refractivity contribution in [3.8, 4) is 0 Å². The molecule has 2 aliphatic rings. The Hall–Kier alpha value is -2.58. The molecule has 0 radical (unpaired) electrons. The maximum atomic E-state index is 13.0. The molecule has 150 valence electrons. The number of amides is 1. The lowest BCUT2D eigenvalue weighted by molar-refractivity contribution is -0.133. The van der Waals surface area contributed by atoms with Crippen LogP contribution in [0.5, 0.6) is 0 Å². The predicted octanol–water partition coefficient (Wildman–Crippen LogP) is 2.57. The lowest BCUT2D eigenvalue weighted by Gasteiger charge is -2.35. The van der Waals surface area contributed by atoms with Gasteiger partial charge in [-0.05, 0) is 37.6 Å². The lowest BCUT2D eigenvalue weighted by Crippen LogP contribution is -2.51. The molecule has 2 fully saturated rings. The number of carbonyl (C=O) groups is 1. The first-order valence-electron chi connectivity index (χ1n) is 10.2. The Morgan fingerprint density at radius 3 is 2.62 bits per heavy atom. The summed E-state index contributed by atoms with van der Waals surface area (Å²) in [6, 6.07) is 10.4. The Bertz CT molecular complexity index is 952. The zero-order valence-corrected chi connectivity index (χ0v) is 17.1. The van der Waals surface area contributed by atoms with E-state index in [1.807, 2.05) is 17.0 Å². The van der Waals surface area contributed by atoms with Crippen molar-refractivity contribution in [2.75, 3.05) is 44.2 Å².